The van der Waals surface area contributed by atoms with E-state index in [-0.39, 0.29) is 11.5 Å². The second kappa shape index (κ2) is 7.52. The lowest BCUT2D eigenvalue weighted by Gasteiger charge is -2.10. The fourth-order valence-corrected chi connectivity index (χ4v) is 3.46. The van der Waals surface area contributed by atoms with E-state index in [1.165, 1.54) is 0 Å². The van der Waals surface area contributed by atoms with Crippen LogP contribution in [0.15, 0.2) is 59.7 Å². The number of nitrogens with zero attached hydrogens (tertiary/aromatic N) is 1. The molecule has 3 aromatic rings. The molecule has 140 valence electrons. The van der Waals surface area contributed by atoms with E-state index in [4.69, 9.17) is 0 Å². The largest absolute Gasteiger partial charge is 0.478 e. The van der Waals surface area contributed by atoms with Gasteiger partial charge in [0.05, 0.1) is 11.2 Å². The maximum absolute atomic E-state index is 12.6. The molecule has 0 saturated carbocycles. The number of aliphatic carboxylic acids is 1. The molecule has 1 aliphatic carbocycles. The molecule has 0 fully saturated rings. The van der Waals surface area contributed by atoms with Crippen molar-refractivity contribution < 1.29 is 14.7 Å². The number of benzene rings is 2. The highest BCUT2D eigenvalue weighted by Crippen LogP contribution is 2.28. The van der Waals surface area contributed by atoms with E-state index in [9.17, 15) is 14.7 Å². The first-order valence-corrected chi connectivity index (χ1v) is 9.10. The number of aromatic nitrogens is 2. The molecule has 1 amide bonds. The van der Waals surface area contributed by atoms with Gasteiger partial charge >= 0.3 is 5.97 Å². The minimum absolute atomic E-state index is 0.216. The Morgan fingerprint density at radius 2 is 1.75 bits per heavy atom. The third-order valence-electron chi connectivity index (χ3n) is 4.88. The molecule has 6 nitrogen and oxygen atoms in total. The molecule has 4 rings (SSSR count). The number of carbonyl (C=O) groups excluding carboxylic acids is 1. The highest BCUT2D eigenvalue weighted by Gasteiger charge is 2.25. The number of hydrogen-bond acceptors (Lipinski definition) is 3. The number of carboxylic acids is 1. The van der Waals surface area contributed by atoms with E-state index in [0.29, 0.717) is 30.5 Å². The van der Waals surface area contributed by atoms with Crippen LogP contribution < -0.4 is 5.32 Å². The van der Waals surface area contributed by atoms with Crippen molar-refractivity contribution in [2.24, 2.45) is 0 Å². The van der Waals surface area contributed by atoms with Gasteiger partial charge in [0.1, 0.15) is 0 Å². The molecule has 1 aliphatic rings. The zero-order valence-electron chi connectivity index (χ0n) is 15.1. The van der Waals surface area contributed by atoms with Gasteiger partial charge in [-0.15, -0.1) is 0 Å². The Labute approximate surface area is 161 Å². The van der Waals surface area contributed by atoms with Crippen molar-refractivity contribution in [2.75, 3.05) is 5.32 Å². The predicted molar refractivity (Wildman–Crippen MR) is 109 cm³/mol. The van der Waals surface area contributed by atoms with Crippen molar-refractivity contribution in [3.63, 3.8) is 0 Å². The van der Waals surface area contributed by atoms with Crippen LogP contribution in [0.3, 0.4) is 0 Å². The molecule has 0 atom stereocenters. The van der Waals surface area contributed by atoms with Crippen molar-refractivity contribution in [3.05, 3.63) is 70.9 Å². The summed E-state index contributed by atoms with van der Waals surface area (Å²) in [6, 6.07) is 15.3. The van der Waals surface area contributed by atoms with Gasteiger partial charge < -0.3 is 10.4 Å². The molecule has 2 aromatic carbocycles. The fraction of sp³-hybridized carbons (Fsp3) is 0.136. The third-order valence-corrected chi connectivity index (χ3v) is 4.88. The lowest BCUT2D eigenvalue weighted by Crippen LogP contribution is -2.16. The lowest BCUT2D eigenvalue weighted by molar-refractivity contribution is -0.133. The van der Waals surface area contributed by atoms with Gasteiger partial charge in [0.15, 0.2) is 0 Å². The maximum atomic E-state index is 12.6. The Bertz CT molecular complexity index is 1120. The molecule has 6 heteroatoms. The zero-order chi connectivity index (χ0) is 19.5. The Kier molecular flexibility index (Phi) is 4.76. The summed E-state index contributed by atoms with van der Waals surface area (Å²) >= 11 is 0. The smallest absolute Gasteiger partial charge is 0.332 e. The molecule has 0 saturated heterocycles. The molecule has 0 unspecified atom stereocenters. The van der Waals surface area contributed by atoms with Crippen molar-refractivity contribution in [1.29, 1.82) is 0 Å². The van der Waals surface area contributed by atoms with Gasteiger partial charge in [-0.3, -0.25) is 9.89 Å². The number of hydrogen-bond donors (Lipinski definition) is 3. The molecule has 0 spiro atoms. The number of amides is 1. The Balaban J connectivity index is 1.60. The summed E-state index contributed by atoms with van der Waals surface area (Å²) in [4.78, 5) is 23.9. The summed E-state index contributed by atoms with van der Waals surface area (Å²) in [5, 5.41) is 20.5. The second-order valence-corrected chi connectivity index (χ2v) is 6.64. The summed E-state index contributed by atoms with van der Waals surface area (Å²) in [6.45, 7) is 0. The summed E-state index contributed by atoms with van der Waals surface area (Å²) in [6.07, 6.45) is 5.40. The second-order valence-electron chi connectivity index (χ2n) is 6.64. The van der Waals surface area contributed by atoms with E-state index in [1.807, 2.05) is 54.6 Å². The molecule has 0 bridgehead atoms. The summed E-state index contributed by atoms with van der Waals surface area (Å²) in [7, 11) is 0. The van der Waals surface area contributed by atoms with Crippen molar-refractivity contribution >= 4 is 40.6 Å². The maximum Gasteiger partial charge on any atom is 0.332 e. The van der Waals surface area contributed by atoms with Gasteiger partial charge in [0, 0.05) is 22.2 Å². The monoisotopic (exact) mass is 373 g/mol. The summed E-state index contributed by atoms with van der Waals surface area (Å²) < 4.78 is 0. The van der Waals surface area contributed by atoms with E-state index >= 15 is 0 Å². The first kappa shape index (κ1) is 17.7. The van der Waals surface area contributed by atoms with Gasteiger partial charge in [0.2, 0.25) is 0 Å². The normalized spacial score (nSPS) is 14.1. The van der Waals surface area contributed by atoms with Crippen LogP contribution >= 0.6 is 0 Å². The Morgan fingerprint density at radius 3 is 2.61 bits per heavy atom. The van der Waals surface area contributed by atoms with Crippen molar-refractivity contribution in [2.45, 2.75) is 19.3 Å². The topological polar surface area (TPSA) is 95.1 Å². The van der Waals surface area contributed by atoms with Crippen molar-refractivity contribution in [3.8, 4) is 0 Å². The number of carbonyl (C=O) groups is 2. The first-order chi connectivity index (χ1) is 13.6. The molecule has 0 radical (unpaired) electrons. The predicted octanol–water partition coefficient (Wildman–Crippen LogP) is 4.24. The standard InChI is InChI=1S/C22H19N3O3/c26-21(15-8-5-9-16(15)22(27)28)23-18-10-3-1-6-14(18)12-13-20-17-7-2-4-11-19(17)24-25-20/h1-4,6-7,10-13H,5,8-9H2,(H,23,26)(H,24,25)(H,27,28)/b13-12+. The highest BCUT2D eigenvalue weighted by atomic mass is 16.4. The average molecular weight is 373 g/mol. The van der Waals surface area contributed by atoms with E-state index in [1.54, 1.807) is 6.07 Å². The summed E-state index contributed by atoms with van der Waals surface area (Å²) in [5.74, 6) is -1.36. The highest BCUT2D eigenvalue weighted by molar-refractivity contribution is 6.10. The van der Waals surface area contributed by atoms with Gasteiger partial charge in [-0.1, -0.05) is 42.5 Å². The molecule has 1 heterocycles. The lowest BCUT2D eigenvalue weighted by atomic mass is 10.1. The molecular formula is C22H19N3O3. The van der Waals surface area contributed by atoms with Crippen LogP contribution in [-0.4, -0.2) is 27.2 Å². The number of aromatic amines is 1. The minimum atomic E-state index is -1.01. The number of fused-ring (bicyclic) bond motifs is 1. The van der Waals surface area contributed by atoms with Crippen LogP contribution in [0.5, 0.6) is 0 Å². The number of nitrogens with one attached hydrogen (secondary N) is 2. The van der Waals surface area contributed by atoms with Crippen LogP contribution in [0.2, 0.25) is 0 Å². The van der Waals surface area contributed by atoms with Crippen LogP contribution in [0.1, 0.15) is 30.5 Å². The average Bonchev–Trinajstić information content (AvgIpc) is 3.35. The number of H-pyrrole nitrogens is 1. The van der Waals surface area contributed by atoms with Gasteiger partial charge in [-0.25, -0.2) is 4.79 Å². The fourth-order valence-electron chi connectivity index (χ4n) is 3.46. The molecule has 1 aromatic heterocycles. The van der Waals surface area contributed by atoms with Gasteiger partial charge in [-0.05, 0) is 43.0 Å². The van der Waals surface area contributed by atoms with Crippen LogP contribution in [-0.2, 0) is 9.59 Å². The minimum Gasteiger partial charge on any atom is -0.478 e. The molecule has 28 heavy (non-hydrogen) atoms. The van der Waals surface area contributed by atoms with E-state index < -0.39 is 5.97 Å². The first-order valence-electron chi connectivity index (χ1n) is 9.10. The number of anilines is 1. The van der Waals surface area contributed by atoms with Crippen molar-refractivity contribution in [1.82, 2.24) is 10.2 Å². The number of para-hydroxylation sites is 2. The SMILES string of the molecule is O=C(O)C1=C(C(=O)Nc2ccccc2/C=C/c2n[nH]c3ccccc23)CCC1. The van der Waals surface area contributed by atoms with Crippen LogP contribution in [0, 0.1) is 0 Å². The Hall–Kier alpha value is -3.67. The van der Waals surface area contributed by atoms with E-state index in [0.717, 1.165) is 22.2 Å². The molecular weight excluding hydrogens is 354 g/mol. The molecule has 0 aliphatic heterocycles. The Morgan fingerprint density at radius 1 is 1.00 bits per heavy atom. The quantitative estimate of drug-likeness (QED) is 0.623. The van der Waals surface area contributed by atoms with Gasteiger partial charge in [-0.2, -0.15) is 5.10 Å². The van der Waals surface area contributed by atoms with Crippen LogP contribution in [0.4, 0.5) is 5.69 Å². The zero-order valence-corrected chi connectivity index (χ0v) is 15.1. The number of carboxylic acid groups (broad SMARTS) is 1. The number of rotatable bonds is 5. The van der Waals surface area contributed by atoms with E-state index in [2.05, 4.69) is 15.5 Å². The van der Waals surface area contributed by atoms with Crippen LogP contribution in [0.25, 0.3) is 23.1 Å². The summed E-state index contributed by atoms with van der Waals surface area (Å²) in [5.41, 5.74) is 3.80. The molecule has 3 N–H and O–H groups in total. The third kappa shape index (κ3) is 3.44. The van der Waals surface area contributed by atoms with Gasteiger partial charge in [0.25, 0.3) is 5.91 Å².